The smallest absolute Gasteiger partial charge is 0.336 e. The van der Waals surface area contributed by atoms with Gasteiger partial charge < -0.3 is 25.2 Å². The molecule has 3 rings (SSSR count). The number of esters is 1. The van der Waals surface area contributed by atoms with Gasteiger partial charge in [0.1, 0.15) is 0 Å². The van der Waals surface area contributed by atoms with Gasteiger partial charge in [0.2, 0.25) is 0 Å². The fourth-order valence-corrected chi connectivity index (χ4v) is 3.23. The first-order valence-corrected chi connectivity index (χ1v) is 9.29. The van der Waals surface area contributed by atoms with Crippen LogP contribution in [0.3, 0.4) is 0 Å². The molecule has 1 aromatic heterocycles. The standard InChI is InChI=1S/C21H19N3O5S/c1-12-18(20(26)27)19(24-21(30)23-12)14-4-5-15(16(11-14)28-2)29-17(25)6-3-13-7-9-22-10-8-13/h3-11,19H,1-2H3,(H,26,27)(H2,23,24,30). The number of hydrogen-bond acceptors (Lipinski definition) is 6. The molecule has 2 aromatic rings. The molecule has 1 aliphatic heterocycles. The summed E-state index contributed by atoms with van der Waals surface area (Å²) in [7, 11) is 1.43. The van der Waals surface area contributed by atoms with E-state index < -0.39 is 18.0 Å². The molecular formula is C21H19N3O5S. The number of carbonyl (C=O) groups excluding carboxylic acids is 1. The maximum atomic E-state index is 12.2. The lowest BCUT2D eigenvalue weighted by Gasteiger charge is -2.29. The van der Waals surface area contributed by atoms with Gasteiger partial charge in [-0.15, -0.1) is 0 Å². The minimum Gasteiger partial charge on any atom is -0.493 e. The molecular weight excluding hydrogens is 406 g/mol. The van der Waals surface area contributed by atoms with E-state index in [4.69, 9.17) is 21.7 Å². The van der Waals surface area contributed by atoms with E-state index in [0.29, 0.717) is 16.4 Å². The van der Waals surface area contributed by atoms with E-state index in [2.05, 4.69) is 15.6 Å². The molecule has 0 saturated carbocycles. The topological polar surface area (TPSA) is 110 Å². The number of nitrogens with zero attached hydrogens (tertiary/aromatic N) is 1. The molecule has 0 bridgehead atoms. The molecule has 0 aliphatic carbocycles. The van der Waals surface area contributed by atoms with Crippen molar-refractivity contribution in [3.8, 4) is 11.5 Å². The van der Waals surface area contributed by atoms with Crippen molar-refractivity contribution in [2.75, 3.05) is 7.11 Å². The van der Waals surface area contributed by atoms with E-state index >= 15 is 0 Å². The van der Waals surface area contributed by atoms with E-state index in [1.54, 1.807) is 55.7 Å². The fraction of sp³-hybridized carbons (Fsp3) is 0.143. The molecule has 1 aliphatic rings. The minimum absolute atomic E-state index is 0.135. The Morgan fingerprint density at radius 3 is 2.60 bits per heavy atom. The molecule has 0 spiro atoms. The molecule has 0 saturated heterocycles. The number of carboxylic acid groups (broad SMARTS) is 1. The van der Waals surface area contributed by atoms with Crippen LogP contribution < -0.4 is 20.1 Å². The molecule has 154 valence electrons. The first-order chi connectivity index (χ1) is 14.4. The summed E-state index contributed by atoms with van der Waals surface area (Å²) in [6, 6.07) is 7.64. The summed E-state index contributed by atoms with van der Waals surface area (Å²) >= 11 is 5.15. The highest BCUT2D eigenvalue weighted by atomic mass is 32.1. The van der Waals surface area contributed by atoms with Crippen LogP contribution in [0.5, 0.6) is 11.5 Å². The van der Waals surface area contributed by atoms with Crippen LogP contribution in [-0.2, 0) is 9.59 Å². The number of ether oxygens (including phenoxy) is 2. The van der Waals surface area contributed by atoms with Crippen LogP contribution in [0.15, 0.2) is 60.1 Å². The van der Waals surface area contributed by atoms with Crippen molar-refractivity contribution in [1.82, 2.24) is 15.6 Å². The van der Waals surface area contributed by atoms with Crippen molar-refractivity contribution in [3.05, 3.63) is 71.2 Å². The van der Waals surface area contributed by atoms with Crippen molar-refractivity contribution in [3.63, 3.8) is 0 Å². The van der Waals surface area contributed by atoms with Crippen LogP contribution in [0.1, 0.15) is 24.1 Å². The third kappa shape index (κ3) is 4.81. The number of aliphatic carboxylic acids is 1. The molecule has 1 aromatic carbocycles. The van der Waals surface area contributed by atoms with Crippen LogP contribution in [-0.4, -0.2) is 34.3 Å². The van der Waals surface area contributed by atoms with Gasteiger partial charge in [0.25, 0.3) is 0 Å². The molecule has 1 unspecified atom stereocenters. The molecule has 0 amide bonds. The Morgan fingerprint density at radius 1 is 1.20 bits per heavy atom. The normalized spacial score (nSPS) is 16.1. The minimum atomic E-state index is -1.07. The molecule has 8 nitrogen and oxygen atoms in total. The lowest BCUT2D eigenvalue weighted by Crippen LogP contribution is -2.44. The van der Waals surface area contributed by atoms with Crippen LogP contribution >= 0.6 is 12.2 Å². The van der Waals surface area contributed by atoms with Crippen molar-refractivity contribution in [2.24, 2.45) is 0 Å². The molecule has 9 heteroatoms. The molecule has 3 N–H and O–H groups in total. The Labute approximate surface area is 178 Å². The predicted octanol–water partition coefficient (Wildman–Crippen LogP) is 2.59. The van der Waals surface area contributed by atoms with Crippen molar-refractivity contribution in [2.45, 2.75) is 13.0 Å². The average Bonchev–Trinajstić information content (AvgIpc) is 2.72. The lowest BCUT2D eigenvalue weighted by molar-refractivity contribution is -0.133. The second-order valence-electron chi connectivity index (χ2n) is 6.32. The first kappa shape index (κ1) is 21.0. The summed E-state index contributed by atoms with van der Waals surface area (Å²) in [5.41, 5.74) is 1.99. The van der Waals surface area contributed by atoms with Gasteiger partial charge in [-0.25, -0.2) is 9.59 Å². The summed E-state index contributed by atoms with van der Waals surface area (Å²) in [6.07, 6.45) is 6.14. The maximum Gasteiger partial charge on any atom is 0.336 e. The highest BCUT2D eigenvalue weighted by molar-refractivity contribution is 7.80. The van der Waals surface area contributed by atoms with Gasteiger partial charge in [0.05, 0.1) is 18.7 Å². The van der Waals surface area contributed by atoms with Crippen LogP contribution in [0.25, 0.3) is 6.08 Å². The molecule has 1 atom stereocenters. The number of allylic oxidation sites excluding steroid dienone is 1. The van der Waals surface area contributed by atoms with E-state index in [1.165, 1.54) is 13.2 Å². The summed E-state index contributed by atoms with van der Waals surface area (Å²) in [6.45, 7) is 1.64. The van der Waals surface area contributed by atoms with E-state index in [9.17, 15) is 14.7 Å². The highest BCUT2D eigenvalue weighted by Crippen LogP contribution is 2.34. The number of benzene rings is 1. The van der Waals surface area contributed by atoms with E-state index in [0.717, 1.165) is 5.56 Å². The van der Waals surface area contributed by atoms with Gasteiger partial charge in [-0.05, 0) is 60.6 Å². The molecule has 0 radical (unpaired) electrons. The Morgan fingerprint density at radius 2 is 1.93 bits per heavy atom. The first-order valence-electron chi connectivity index (χ1n) is 8.88. The Kier molecular flexibility index (Phi) is 6.43. The quantitative estimate of drug-likeness (QED) is 0.278. The summed E-state index contributed by atoms with van der Waals surface area (Å²) in [5.74, 6) is -1.16. The zero-order valence-corrected chi connectivity index (χ0v) is 17.0. The number of hydrogen-bond donors (Lipinski definition) is 3. The third-order valence-electron chi connectivity index (χ3n) is 4.35. The highest BCUT2D eigenvalue weighted by Gasteiger charge is 2.30. The second kappa shape index (κ2) is 9.19. The van der Waals surface area contributed by atoms with Gasteiger partial charge in [-0.3, -0.25) is 4.98 Å². The van der Waals surface area contributed by atoms with Gasteiger partial charge in [-0.2, -0.15) is 0 Å². The van der Waals surface area contributed by atoms with Crippen LogP contribution in [0.4, 0.5) is 0 Å². The summed E-state index contributed by atoms with van der Waals surface area (Å²) in [4.78, 5) is 27.8. The molecule has 0 fully saturated rings. The molecule has 2 heterocycles. The SMILES string of the molecule is COc1cc(C2NC(=S)NC(C)=C2C(=O)O)ccc1OC(=O)C=Cc1ccncc1. The number of aromatic nitrogens is 1. The van der Waals surface area contributed by atoms with Gasteiger partial charge in [0.15, 0.2) is 16.6 Å². The second-order valence-corrected chi connectivity index (χ2v) is 6.73. The summed E-state index contributed by atoms with van der Waals surface area (Å²) < 4.78 is 10.7. The Bertz CT molecular complexity index is 1050. The van der Waals surface area contributed by atoms with Crippen molar-refractivity contribution in [1.29, 1.82) is 0 Å². The zero-order chi connectivity index (χ0) is 21.7. The number of thiocarbonyl (C=S) groups is 1. The van der Waals surface area contributed by atoms with Crippen molar-refractivity contribution >= 4 is 35.3 Å². The summed E-state index contributed by atoms with van der Waals surface area (Å²) in [5, 5.41) is 15.7. The number of nitrogens with one attached hydrogen (secondary N) is 2. The van der Waals surface area contributed by atoms with Gasteiger partial charge >= 0.3 is 11.9 Å². The van der Waals surface area contributed by atoms with Gasteiger partial charge in [0, 0.05) is 24.2 Å². The average molecular weight is 425 g/mol. The monoisotopic (exact) mass is 425 g/mol. The van der Waals surface area contributed by atoms with E-state index in [-0.39, 0.29) is 17.1 Å². The predicted molar refractivity (Wildman–Crippen MR) is 114 cm³/mol. The maximum absolute atomic E-state index is 12.2. The van der Waals surface area contributed by atoms with E-state index in [1.807, 2.05) is 0 Å². The number of carboxylic acids is 1. The fourth-order valence-electron chi connectivity index (χ4n) is 2.96. The van der Waals surface area contributed by atoms with Crippen LogP contribution in [0, 0.1) is 0 Å². The lowest BCUT2D eigenvalue weighted by atomic mass is 9.95. The third-order valence-corrected chi connectivity index (χ3v) is 4.57. The Balaban J connectivity index is 1.83. The van der Waals surface area contributed by atoms with Gasteiger partial charge in [-0.1, -0.05) is 6.07 Å². The molecule has 30 heavy (non-hydrogen) atoms. The Hall–Kier alpha value is -3.72. The number of methoxy groups -OCH3 is 1. The number of rotatable bonds is 6. The number of pyridine rings is 1. The van der Waals surface area contributed by atoms with Crippen LogP contribution in [0.2, 0.25) is 0 Å². The van der Waals surface area contributed by atoms with Crippen molar-refractivity contribution < 1.29 is 24.2 Å². The number of carbonyl (C=O) groups is 2. The largest absolute Gasteiger partial charge is 0.493 e. The zero-order valence-electron chi connectivity index (χ0n) is 16.2.